The molecule has 1 aromatic carbocycles. The maximum Gasteiger partial charge on any atom is 0.274 e. The zero-order valence-corrected chi connectivity index (χ0v) is 15.6. The van der Waals surface area contributed by atoms with Gasteiger partial charge < -0.3 is 15.8 Å². The van der Waals surface area contributed by atoms with Gasteiger partial charge in [0.15, 0.2) is 5.17 Å². The molecule has 0 aliphatic carbocycles. The summed E-state index contributed by atoms with van der Waals surface area (Å²) in [6.07, 6.45) is 0.842. The van der Waals surface area contributed by atoms with Crippen molar-refractivity contribution in [3.63, 3.8) is 0 Å². The third-order valence-corrected chi connectivity index (χ3v) is 5.95. The van der Waals surface area contributed by atoms with E-state index in [0.29, 0.717) is 16.6 Å². The Kier molecular flexibility index (Phi) is 5.03. The molecule has 9 heteroatoms. The lowest BCUT2D eigenvalue weighted by Crippen LogP contribution is -2.42. The van der Waals surface area contributed by atoms with E-state index in [0.717, 1.165) is 0 Å². The molecule has 0 spiro atoms. The van der Waals surface area contributed by atoms with Gasteiger partial charge in [0.25, 0.3) is 5.91 Å². The first-order valence-electron chi connectivity index (χ1n) is 8.71. The van der Waals surface area contributed by atoms with E-state index in [1.54, 1.807) is 18.2 Å². The number of aromatic nitrogens is 1. The minimum absolute atomic E-state index is 0.0298. The predicted molar refractivity (Wildman–Crippen MR) is 104 cm³/mol. The fourth-order valence-corrected chi connectivity index (χ4v) is 4.71. The number of carbonyl (C=O) groups is 1. The van der Waals surface area contributed by atoms with Gasteiger partial charge in [0.1, 0.15) is 23.7 Å². The van der Waals surface area contributed by atoms with E-state index in [9.17, 15) is 13.6 Å². The van der Waals surface area contributed by atoms with Crippen molar-refractivity contribution < 1.29 is 18.3 Å². The van der Waals surface area contributed by atoms with Crippen LogP contribution < -0.4 is 11.1 Å². The summed E-state index contributed by atoms with van der Waals surface area (Å²) in [6.45, 7) is -0.651. The Morgan fingerprint density at radius 1 is 1.39 bits per heavy atom. The molecule has 0 radical (unpaired) electrons. The number of thioether (sulfide) groups is 1. The molecular weight excluding hydrogens is 386 g/mol. The van der Waals surface area contributed by atoms with Gasteiger partial charge in [-0.15, -0.1) is 0 Å². The van der Waals surface area contributed by atoms with Crippen LogP contribution in [-0.4, -0.2) is 41.2 Å². The number of benzene rings is 1. The highest BCUT2D eigenvalue weighted by molar-refractivity contribution is 8.13. The Labute approximate surface area is 164 Å². The molecule has 2 aliphatic rings. The number of fused-ring (bicyclic) bond motifs is 1. The van der Waals surface area contributed by atoms with Crippen LogP contribution in [0.4, 0.5) is 14.5 Å². The maximum absolute atomic E-state index is 14.8. The Hall–Kier alpha value is -2.52. The lowest BCUT2D eigenvalue weighted by molar-refractivity contribution is 0.0721. The maximum atomic E-state index is 14.8. The standard InChI is InChI=1S/C19H18F2N4O2S/c20-8-16-13-9-28-18(22)25-19(13,10-27-16)12-7-11(4-5-14(12)21)24-17(26)15-3-1-2-6-23-15/h1-7,13,16H,8-10H2,(H2,22,25)(H,24,26)/t13-,16-,19-/m1/s1. The van der Waals surface area contributed by atoms with Gasteiger partial charge in [0.05, 0.1) is 12.7 Å². The van der Waals surface area contributed by atoms with Crippen LogP contribution in [0.15, 0.2) is 47.6 Å². The molecule has 1 amide bonds. The van der Waals surface area contributed by atoms with Crippen molar-refractivity contribution in [3.05, 3.63) is 59.7 Å². The second-order valence-corrected chi connectivity index (χ2v) is 7.70. The molecule has 6 nitrogen and oxygen atoms in total. The number of ether oxygens (including phenoxy) is 1. The van der Waals surface area contributed by atoms with E-state index >= 15 is 0 Å². The number of anilines is 1. The lowest BCUT2D eigenvalue weighted by atomic mass is 9.79. The summed E-state index contributed by atoms with van der Waals surface area (Å²) >= 11 is 1.31. The normalized spacial score (nSPS) is 26.4. The topological polar surface area (TPSA) is 89.6 Å². The van der Waals surface area contributed by atoms with Crippen LogP contribution >= 0.6 is 11.8 Å². The number of pyridine rings is 1. The highest BCUT2D eigenvalue weighted by atomic mass is 32.2. The Morgan fingerprint density at radius 3 is 3.00 bits per heavy atom. The quantitative estimate of drug-likeness (QED) is 0.818. The van der Waals surface area contributed by atoms with E-state index in [1.165, 1.54) is 36.2 Å². The summed E-state index contributed by atoms with van der Waals surface area (Å²) < 4.78 is 33.8. The first-order chi connectivity index (χ1) is 13.5. The van der Waals surface area contributed by atoms with Crippen LogP contribution in [0.25, 0.3) is 0 Å². The molecule has 3 atom stereocenters. The zero-order valence-electron chi connectivity index (χ0n) is 14.8. The van der Waals surface area contributed by atoms with Gasteiger partial charge >= 0.3 is 0 Å². The van der Waals surface area contributed by atoms with E-state index < -0.39 is 30.0 Å². The minimum Gasteiger partial charge on any atom is -0.379 e. The van der Waals surface area contributed by atoms with Crippen LogP contribution in [0.2, 0.25) is 0 Å². The molecule has 3 N–H and O–H groups in total. The summed E-state index contributed by atoms with van der Waals surface area (Å²) in [7, 11) is 0. The second-order valence-electron chi connectivity index (χ2n) is 6.66. The monoisotopic (exact) mass is 404 g/mol. The molecule has 1 aromatic heterocycles. The number of halogens is 2. The summed E-state index contributed by atoms with van der Waals surface area (Å²) in [4.78, 5) is 20.9. The summed E-state index contributed by atoms with van der Waals surface area (Å²) in [5.41, 5.74) is 5.65. The molecular formula is C19H18F2N4O2S. The highest BCUT2D eigenvalue weighted by Crippen LogP contribution is 2.48. The van der Waals surface area contributed by atoms with Crippen molar-refractivity contribution in [2.24, 2.45) is 16.6 Å². The van der Waals surface area contributed by atoms with E-state index in [2.05, 4.69) is 15.3 Å². The van der Waals surface area contributed by atoms with Gasteiger partial charge in [-0.25, -0.2) is 13.8 Å². The molecule has 4 rings (SSSR count). The van der Waals surface area contributed by atoms with Crippen molar-refractivity contribution in [2.75, 3.05) is 24.4 Å². The molecule has 2 aromatic rings. The molecule has 146 valence electrons. The van der Waals surface area contributed by atoms with Gasteiger partial charge in [0.2, 0.25) is 0 Å². The molecule has 0 bridgehead atoms. The lowest BCUT2D eigenvalue weighted by Gasteiger charge is -2.35. The number of alkyl halides is 1. The summed E-state index contributed by atoms with van der Waals surface area (Å²) in [5.74, 6) is -0.800. The zero-order chi connectivity index (χ0) is 19.7. The number of aliphatic imine (C=N–C) groups is 1. The smallest absolute Gasteiger partial charge is 0.274 e. The van der Waals surface area contributed by atoms with Gasteiger partial charge in [-0.3, -0.25) is 9.78 Å². The molecule has 3 heterocycles. The molecule has 28 heavy (non-hydrogen) atoms. The number of nitrogens with two attached hydrogens (primary N) is 1. The number of carbonyl (C=O) groups excluding carboxylic acids is 1. The van der Waals surface area contributed by atoms with Crippen molar-refractivity contribution >= 4 is 28.5 Å². The van der Waals surface area contributed by atoms with Crippen LogP contribution in [0.5, 0.6) is 0 Å². The predicted octanol–water partition coefficient (Wildman–Crippen LogP) is 2.71. The number of hydrogen-bond donors (Lipinski definition) is 2. The van der Waals surface area contributed by atoms with Crippen molar-refractivity contribution in [3.8, 4) is 0 Å². The fraction of sp³-hybridized carbons (Fsp3) is 0.316. The second kappa shape index (κ2) is 7.48. The average Bonchev–Trinajstić information content (AvgIpc) is 3.08. The van der Waals surface area contributed by atoms with Crippen LogP contribution in [0.1, 0.15) is 16.1 Å². The third-order valence-electron chi connectivity index (χ3n) is 5.04. The van der Waals surface area contributed by atoms with E-state index in [1.807, 2.05) is 0 Å². The molecule has 1 saturated heterocycles. The molecule has 0 saturated carbocycles. The Morgan fingerprint density at radius 2 is 2.25 bits per heavy atom. The minimum atomic E-state index is -1.11. The third kappa shape index (κ3) is 3.24. The van der Waals surface area contributed by atoms with Crippen LogP contribution in [0, 0.1) is 11.7 Å². The van der Waals surface area contributed by atoms with Crippen molar-refractivity contribution in [1.29, 1.82) is 0 Å². The number of amides is 1. The highest BCUT2D eigenvalue weighted by Gasteiger charge is 2.54. The van der Waals surface area contributed by atoms with Gasteiger partial charge in [0, 0.05) is 29.1 Å². The summed E-state index contributed by atoms with van der Waals surface area (Å²) in [6, 6.07) is 9.21. The first kappa shape index (κ1) is 18.8. The van der Waals surface area contributed by atoms with E-state index in [-0.39, 0.29) is 23.8 Å². The average molecular weight is 404 g/mol. The van der Waals surface area contributed by atoms with E-state index in [4.69, 9.17) is 10.5 Å². The van der Waals surface area contributed by atoms with Crippen LogP contribution in [0.3, 0.4) is 0 Å². The molecule has 0 unspecified atom stereocenters. The number of nitrogens with one attached hydrogen (secondary N) is 1. The number of nitrogens with zero attached hydrogens (tertiary/aromatic N) is 2. The number of rotatable bonds is 4. The SMILES string of the molecule is NC1=N[C@@]2(c3cc(NC(=O)c4ccccn4)ccc3F)CO[C@H](CF)[C@H]2CS1. The molecule has 2 aliphatic heterocycles. The van der Waals surface area contributed by atoms with Crippen molar-refractivity contribution in [1.82, 2.24) is 4.98 Å². The number of amidine groups is 1. The van der Waals surface area contributed by atoms with Gasteiger partial charge in [-0.2, -0.15) is 0 Å². The first-order valence-corrected chi connectivity index (χ1v) is 9.70. The fourth-order valence-electron chi connectivity index (χ4n) is 3.65. The Bertz CT molecular complexity index is 927. The summed E-state index contributed by atoms with van der Waals surface area (Å²) in [5, 5.41) is 3.02. The van der Waals surface area contributed by atoms with Gasteiger partial charge in [-0.1, -0.05) is 17.8 Å². The Balaban J connectivity index is 1.70. The largest absolute Gasteiger partial charge is 0.379 e. The van der Waals surface area contributed by atoms with Gasteiger partial charge in [-0.05, 0) is 30.3 Å². The van der Waals surface area contributed by atoms with Crippen molar-refractivity contribution in [2.45, 2.75) is 11.6 Å². The molecule has 1 fully saturated rings. The van der Waals surface area contributed by atoms with Crippen LogP contribution in [-0.2, 0) is 10.3 Å². The number of hydrogen-bond acceptors (Lipinski definition) is 6.